The molecule has 0 spiro atoms. The Labute approximate surface area is 156 Å². The number of hydrogen-bond donors (Lipinski definition) is 2. The normalized spacial score (nSPS) is 26.8. The van der Waals surface area contributed by atoms with Crippen LogP contribution < -0.4 is 5.32 Å². The molecule has 4 rings (SSSR count). The van der Waals surface area contributed by atoms with Crippen molar-refractivity contribution >= 4 is 22.8 Å². The van der Waals surface area contributed by atoms with Gasteiger partial charge >= 0.3 is 0 Å². The van der Waals surface area contributed by atoms with E-state index in [1.807, 2.05) is 4.90 Å². The second kappa shape index (κ2) is 6.58. The number of fused-ring (bicyclic) bond motifs is 1. The molecule has 1 saturated carbocycles. The third kappa shape index (κ3) is 3.17. The highest BCUT2D eigenvalue weighted by molar-refractivity contribution is 5.91. The van der Waals surface area contributed by atoms with Gasteiger partial charge in [0, 0.05) is 31.2 Å². The van der Waals surface area contributed by atoms with Gasteiger partial charge in [0.05, 0.1) is 11.3 Å². The molecule has 8 heteroatoms. The lowest BCUT2D eigenvalue weighted by molar-refractivity contribution is -0.129. The van der Waals surface area contributed by atoms with Crippen LogP contribution >= 0.6 is 0 Å². The maximum Gasteiger partial charge on any atom is 0.256 e. The van der Waals surface area contributed by atoms with Crippen LogP contribution in [0, 0.1) is 0 Å². The van der Waals surface area contributed by atoms with Gasteiger partial charge in [0.2, 0.25) is 5.91 Å². The molecule has 1 aliphatic carbocycles. The molecular formula is C19H23F2N5O. The van der Waals surface area contributed by atoms with Crippen LogP contribution in [-0.2, 0) is 4.79 Å². The van der Waals surface area contributed by atoms with E-state index in [0.717, 1.165) is 19.3 Å². The van der Waals surface area contributed by atoms with Crippen molar-refractivity contribution in [1.29, 1.82) is 0 Å². The smallest absolute Gasteiger partial charge is 0.256 e. The Morgan fingerprint density at radius 3 is 2.93 bits per heavy atom. The molecule has 2 aromatic heterocycles. The first kappa shape index (κ1) is 17.9. The van der Waals surface area contributed by atoms with E-state index in [0.29, 0.717) is 29.0 Å². The highest BCUT2D eigenvalue weighted by Crippen LogP contribution is 2.57. The Bertz CT molecular complexity index is 880. The van der Waals surface area contributed by atoms with Crippen molar-refractivity contribution in [2.75, 3.05) is 11.9 Å². The number of likely N-dealkylation sites (tertiary alicyclic amines) is 1. The second-order valence-corrected chi connectivity index (χ2v) is 7.38. The molecule has 144 valence electrons. The van der Waals surface area contributed by atoms with E-state index >= 15 is 0 Å². The Kier molecular flexibility index (Phi) is 4.36. The number of H-pyrrole nitrogens is 1. The van der Waals surface area contributed by atoms with E-state index in [-0.39, 0.29) is 24.4 Å². The van der Waals surface area contributed by atoms with Gasteiger partial charge in [-0.2, -0.15) is 0 Å². The summed E-state index contributed by atoms with van der Waals surface area (Å²) >= 11 is 0. The Morgan fingerprint density at radius 2 is 2.26 bits per heavy atom. The molecule has 2 aliphatic rings. The summed E-state index contributed by atoms with van der Waals surface area (Å²) in [6.07, 6.45) is 6.87. The number of anilines is 1. The molecule has 3 atom stereocenters. The number of rotatable bonds is 5. The van der Waals surface area contributed by atoms with Crippen molar-refractivity contribution in [3.63, 3.8) is 0 Å². The van der Waals surface area contributed by atoms with Crippen LogP contribution in [0.3, 0.4) is 0 Å². The zero-order valence-corrected chi connectivity index (χ0v) is 15.2. The topological polar surface area (TPSA) is 73.9 Å². The average Bonchev–Trinajstić information content (AvgIpc) is 3.10. The zero-order chi connectivity index (χ0) is 19.2. The number of amides is 1. The molecule has 3 heterocycles. The third-order valence-corrected chi connectivity index (χ3v) is 5.68. The van der Waals surface area contributed by atoms with Crippen LogP contribution in [0.4, 0.5) is 14.6 Å². The number of alkyl halides is 2. The molecule has 2 aromatic rings. The fraction of sp³-hybridized carbons (Fsp3) is 0.526. The molecule has 6 nitrogen and oxygen atoms in total. The number of hydrogen-bond acceptors (Lipinski definition) is 4. The monoisotopic (exact) mass is 375 g/mol. The lowest BCUT2D eigenvalue weighted by Crippen LogP contribution is -2.50. The van der Waals surface area contributed by atoms with Gasteiger partial charge in [-0.15, -0.1) is 0 Å². The van der Waals surface area contributed by atoms with E-state index in [1.165, 1.54) is 12.4 Å². The van der Waals surface area contributed by atoms with Gasteiger partial charge < -0.3 is 15.2 Å². The summed E-state index contributed by atoms with van der Waals surface area (Å²) in [5, 5.41) is 3.99. The van der Waals surface area contributed by atoms with E-state index in [1.54, 1.807) is 6.20 Å². The number of nitrogens with one attached hydrogen (secondary N) is 2. The number of aromatic amines is 1. The van der Waals surface area contributed by atoms with E-state index in [9.17, 15) is 13.6 Å². The van der Waals surface area contributed by atoms with Gasteiger partial charge in [-0.1, -0.05) is 13.5 Å². The quantitative estimate of drug-likeness (QED) is 0.785. The summed E-state index contributed by atoms with van der Waals surface area (Å²) in [6, 6.07) is 0.198. The van der Waals surface area contributed by atoms with Crippen LogP contribution in [0.2, 0.25) is 0 Å². The molecule has 2 fully saturated rings. The third-order valence-electron chi connectivity index (χ3n) is 5.68. The highest BCUT2D eigenvalue weighted by atomic mass is 19.3. The number of aromatic nitrogens is 3. The Morgan fingerprint density at radius 1 is 1.48 bits per heavy atom. The van der Waals surface area contributed by atoms with Crippen molar-refractivity contribution in [1.82, 2.24) is 19.9 Å². The number of piperidine rings is 1. The number of carbonyl (C=O) groups excluding carboxylic acids is 1. The molecule has 0 bridgehead atoms. The minimum atomic E-state index is -2.66. The molecular weight excluding hydrogens is 352 g/mol. The number of carbonyl (C=O) groups is 1. The SMILES string of the molecule is C=CC(=O)N1C[C@@H](Nc2ncnc3[nH]cc([C@@H]4CC4(F)F)c23)CC[C@H]1CC. The van der Waals surface area contributed by atoms with Crippen LogP contribution in [0.5, 0.6) is 0 Å². The molecule has 1 aliphatic heterocycles. The predicted molar refractivity (Wildman–Crippen MR) is 98.8 cm³/mol. The highest BCUT2D eigenvalue weighted by Gasteiger charge is 2.58. The van der Waals surface area contributed by atoms with Crippen LogP contribution in [0.1, 0.15) is 44.1 Å². The summed E-state index contributed by atoms with van der Waals surface area (Å²) in [5.74, 6) is -2.98. The average molecular weight is 375 g/mol. The fourth-order valence-electron chi connectivity index (χ4n) is 4.07. The summed E-state index contributed by atoms with van der Waals surface area (Å²) in [7, 11) is 0. The van der Waals surface area contributed by atoms with Crippen molar-refractivity contribution in [2.45, 2.75) is 56.5 Å². The minimum Gasteiger partial charge on any atom is -0.365 e. The van der Waals surface area contributed by atoms with Gasteiger partial charge in [-0.3, -0.25) is 4.79 Å². The van der Waals surface area contributed by atoms with E-state index in [4.69, 9.17) is 0 Å². The molecule has 0 unspecified atom stereocenters. The fourth-order valence-corrected chi connectivity index (χ4v) is 4.07. The zero-order valence-electron chi connectivity index (χ0n) is 15.2. The summed E-state index contributed by atoms with van der Waals surface area (Å²) in [6.45, 7) is 6.19. The van der Waals surface area contributed by atoms with Crippen LogP contribution in [-0.4, -0.2) is 50.3 Å². The standard InChI is InChI=1S/C19H23F2N5O/c1-3-12-6-5-11(9-26(12)15(27)4-2)25-18-16-13(14-7-19(14,20)21)8-22-17(16)23-10-24-18/h4,8,10-12,14H,2-3,5-7,9H2,1H3,(H2,22,23,24,25)/t11-,12+,14-/m0/s1. The van der Waals surface area contributed by atoms with Gasteiger partial charge in [-0.05, 0) is 30.9 Å². The maximum atomic E-state index is 13.6. The van der Waals surface area contributed by atoms with Gasteiger partial charge in [0.15, 0.2) is 0 Å². The molecule has 0 radical (unpaired) electrons. The van der Waals surface area contributed by atoms with Crippen molar-refractivity contribution in [2.24, 2.45) is 0 Å². The van der Waals surface area contributed by atoms with E-state index < -0.39 is 11.8 Å². The largest absolute Gasteiger partial charge is 0.365 e. The maximum absolute atomic E-state index is 13.6. The lowest BCUT2D eigenvalue weighted by atomic mass is 9.96. The summed E-state index contributed by atoms with van der Waals surface area (Å²) < 4.78 is 27.2. The van der Waals surface area contributed by atoms with Crippen molar-refractivity contribution in [3.8, 4) is 0 Å². The number of halogens is 2. The molecule has 0 aromatic carbocycles. The van der Waals surface area contributed by atoms with Gasteiger partial charge in [0.25, 0.3) is 5.92 Å². The first-order valence-corrected chi connectivity index (χ1v) is 9.34. The molecule has 1 amide bonds. The van der Waals surface area contributed by atoms with Crippen molar-refractivity contribution < 1.29 is 13.6 Å². The molecule has 2 N–H and O–H groups in total. The lowest BCUT2D eigenvalue weighted by Gasteiger charge is -2.39. The number of nitrogens with zero attached hydrogens (tertiary/aromatic N) is 3. The summed E-state index contributed by atoms with van der Waals surface area (Å²) in [5.41, 5.74) is 1.10. The van der Waals surface area contributed by atoms with Crippen LogP contribution in [0.15, 0.2) is 25.2 Å². The first-order valence-electron chi connectivity index (χ1n) is 9.34. The second-order valence-electron chi connectivity index (χ2n) is 7.38. The molecule has 1 saturated heterocycles. The minimum absolute atomic E-state index is 0.00253. The molecule has 27 heavy (non-hydrogen) atoms. The van der Waals surface area contributed by atoms with Crippen molar-refractivity contribution in [3.05, 3.63) is 30.7 Å². The predicted octanol–water partition coefficient (Wildman–Crippen LogP) is 3.45. The van der Waals surface area contributed by atoms with Gasteiger partial charge in [-0.25, -0.2) is 18.7 Å². The van der Waals surface area contributed by atoms with Crippen LogP contribution in [0.25, 0.3) is 11.0 Å². The Balaban J connectivity index is 1.59. The van der Waals surface area contributed by atoms with Gasteiger partial charge in [0.1, 0.15) is 17.8 Å². The Hall–Kier alpha value is -2.51. The first-order chi connectivity index (χ1) is 12.9. The summed E-state index contributed by atoms with van der Waals surface area (Å²) in [4.78, 5) is 25.5. The van der Waals surface area contributed by atoms with E-state index in [2.05, 4.69) is 33.8 Å².